The van der Waals surface area contributed by atoms with Crippen LogP contribution in [-0.2, 0) is 9.59 Å². The van der Waals surface area contributed by atoms with E-state index < -0.39 is 28.6 Å². The highest BCUT2D eigenvalue weighted by molar-refractivity contribution is 5.98. The number of benzene rings is 1. The number of rotatable bonds is 4. The number of nitro benzene ring substituents is 1. The van der Waals surface area contributed by atoms with Gasteiger partial charge < -0.3 is 10.4 Å². The zero-order valence-corrected chi connectivity index (χ0v) is 9.20. The van der Waals surface area contributed by atoms with E-state index in [1.165, 1.54) is 24.3 Å². The number of carboxylic acid groups (broad SMARTS) is 1. The van der Waals surface area contributed by atoms with E-state index in [2.05, 4.69) is 5.32 Å². The summed E-state index contributed by atoms with van der Waals surface area (Å²) < 4.78 is 0. The van der Waals surface area contributed by atoms with Gasteiger partial charge in [0.1, 0.15) is 0 Å². The molecule has 0 aromatic heterocycles. The Bertz CT molecular complexity index is 528. The number of carboxylic acids is 1. The lowest BCUT2D eigenvalue weighted by atomic mass is 10.2. The number of carbonyl (C=O) groups is 2. The summed E-state index contributed by atoms with van der Waals surface area (Å²) in [6.45, 7) is 0. The third kappa shape index (κ3) is 2.45. The minimum Gasteiger partial charge on any atom is -0.481 e. The first kappa shape index (κ1) is 12.0. The SMILES string of the molecule is O=C(O)C1CC1C(=O)Nc1cccc([N+](=O)[O-])c1. The maximum absolute atomic E-state index is 11.6. The van der Waals surface area contributed by atoms with Crippen molar-refractivity contribution in [2.75, 3.05) is 5.32 Å². The molecule has 0 radical (unpaired) electrons. The number of nitro groups is 1. The molecule has 94 valence electrons. The van der Waals surface area contributed by atoms with Crippen LogP contribution in [0.2, 0.25) is 0 Å². The highest BCUT2D eigenvalue weighted by Gasteiger charge is 2.48. The molecule has 2 N–H and O–H groups in total. The van der Waals surface area contributed by atoms with Crippen LogP contribution >= 0.6 is 0 Å². The second-order valence-electron chi connectivity index (χ2n) is 4.08. The van der Waals surface area contributed by atoms with Gasteiger partial charge in [-0.1, -0.05) is 6.07 Å². The molecular formula is C11H10N2O5. The number of hydrogen-bond acceptors (Lipinski definition) is 4. The summed E-state index contributed by atoms with van der Waals surface area (Å²) in [6, 6.07) is 5.52. The molecule has 1 aromatic carbocycles. The first-order valence-corrected chi connectivity index (χ1v) is 5.27. The molecule has 0 aliphatic heterocycles. The van der Waals surface area contributed by atoms with E-state index in [0.717, 1.165) is 0 Å². The van der Waals surface area contributed by atoms with Gasteiger partial charge in [-0.05, 0) is 12.5 Å². The topological polar surface area (TPSA) is 110 Å². The lowest BCUT2D eigenvalue weighted by Gasteiger charge is -2.03. The van der Waals surface area contributed by atoms with E-state index >= 15 is 0 Å². The predicted molar refractivity (Wildman–Crippen MR) is 61.0 cm³/mol. The third-order valence-electron chi connectivity index (χ3n) is 2.77. The molecule has 7 nitrogen and oxygen atoms in total. The van der Waals surface area contributed by atoms with Gasteiger partial charge in [-0.2, -0.15) is 0 Å². The quantitative estimate of drug-likeness (QED) is 0.617. The fourth-order valence-electron chi connectivity index (χ4n) is 1.69. The fraction of sp³-hybridized carbons (Fsp3) is 0.273. The highest BCUT2D eigenvalue weighted by Crippen LogP contribution is 2.39. The first-order valence-electron chi connectivity index (χ1n) is 5.27. The van der Waals surface area contributed by atoms with Crippen LogP contribution in [0.1, 0.15) is 6.42 Å². The lowest BCUT2D eigenvalue weighted by molar-refractivity contribution is -0.384. The average Bonchev–Trinajstić information content (AvgIpc) is 3.09. The number of hydrogen-bond donors (Lipinski definition) is 2. The molecule has 1 aromatic rings. The monoisotopic (exact) mass is 250 g/mol. The largest absolute Gasteiger partial charge is 0.481 e. The van der Waals surface area contributed by atoms with E-state index in [4.69, 9.17) is 5.11 Å². The van der Waals surface area contributed by atoms with Crippen molar-refractivity contribution < 1.29 is 19.6 Å². The summed E-state index contributed by atoms with van der Waals surface area (Å²) in [5.74, 6) is -2.58. The third-order valence-corrected chi connectivity index (χ3v) is 2.77. The van der Waals surface area contributed by atoms with Crippen molar-refractivity contribution >= 4 is 23.3 Å². The zero-order valence-electron chi connectivity index (χ0n) is 9.20. The summed E-state index contributed by atoms with van der Waals surface area (Å²) >= 11 is 0. The van der Waals surface area contributed by atoms with Gasteiger partial charge in [-0.25, -0.2) is 0 Å². The smallest absolute Gasteiger partial charge is 0.307 e. The predicted octanol–water partition coefficient (Wildman–Crippen LogP) is 1.25. The molecule has 0 spiro atoms. The van der Waals surface area contributed by atoms with Crippen LogP contribution in [0.5, 0.6) is 0 Å². The summed E-state index contributed by atoms with van der Waals surface area (Å²) in [4.78, 5) is 32.2. The normalized spacial score (nSPS) is 21.1. The Balaban J connectivity index is 2.02. The van der Waals surface area contributed by atoms with E-state index in [1.54, 1.807) is 0 Å². The zero-order chi connectivity index (χ0) is 13.3. The number of nitrogens with zero attached hydrogens (tertiary/aromatic N) is 1. The Kier molecular flexibility index (Phi) is 2.97. The molecule has 18 heavy (non-hydrogen) atoms. The highest BCUT2D eigenvalue weighted by atomic mass is 16.6. The van der Waals surface area contributed by atoms with Crippen LogP contribution in [0.25, 0.3) is 0 Å². The molecule has 2 atom stereocenters. The van der Waals surface area contributed by atoms with Crippen LogP contribution in [0, 0.1) is 22.0 Å². The molecule has 0 bridgehead atoms. The van der Waals surface area contributed by atoms with Gasteiger partial charge in [0.25, 0.3) is 5.69 Å². The van der Waals surface area contributed by atoms with Crippen LogP contribution < -0.4 is 5.32 Å². The maximum Gasteiger partial charge on any atom is 0.307 e. The first-order chi connectivity index (χ1) is 8.49. The number of carbonyl (C=O) groups excluding carboxylic acids is 1. The van der Waals surface area contributed by atoms with Crippen molar-refractivity contribution in [3.8, 4) is 0 Å². The second-order valence-corrected chi connectivity index (χ2v) is 4.08. The van der Waals surface area contributed by atoms with Crippen molar-refractivity contribution in [1.29, 1.82) is 0 Å². The maximum atomic E-state index is 11.6. The average molecular weight is 250 g/mol. The van der Waals surface area contributed by atoms with Gasteiger partial charge in [-0.15, -0.1) is 0 Å². The van der Waals surface area contributed by atoms with Gasteiger partial charge in [0.05, 0.1) is 16.8 Å². The minimum absolute atomic E-state index is 0.126. The molecule has 7 heteroatoms. The second kappa shape index (κ2) is 4.44. The van der Waals surface area contributed by atoms with Crippen molar-refractivity contribution in [2.24, 2.45) is 11.8 Å². The molecule has 0 saturated heterocycles. The number of nitrogens with one attached hydrogen (secondary N) is 1. The van der Waals surface area contributed by atoms with Crippen molar-refractivity contribution in [3.63, 3.8) is 0 Å². The summed E-state index contributed by atoms with van der Waals surface area (Å²) in [7, 11) is 0. The summed E-state index contributed by atoms with van der Waals surface area (Å²) in [6.07, 6.45) is 0.316. The van der Waals surface area contributed by atoms with Gasteiger partial charge >= 0.3 is 5.97 Å². The number of anilines is 1. The minimum atomic E-state index is -0.991. The summed E-state index contributed by atoms with van der Waals surface area (Å²) in [5, 5.41) is 21.7. The molecular weight excluding hydrogens is 240 g/mol. The van der Waals surface area contributed by atoms with Crippen molar-refractivity contribution in [2.45, 2.75) is 6.42 Å². The van der Waals surface area contributed by atoms with Gasteiger partial charge in [0, 0.05) is 17.8 Å². The van der Waals surface area contributed by atoms with Crippen LogP contribution in [-0.4, -0.2) is 21.9 Å². The standard InChI is InChI=1S/C11H10N2O5/c14-10(8-5-9(8)11(15)16)12-6-2-1-3-7(4-6)13(17)18/h1-4,8-9H,5H2,(H,12,14)(H,15,16). The summed E-state index contributed by atoms with van der Waals surface area (Å²) in [5.41, 5.74) is 0.170. The van der Waals surface area contributed by atoms with E-state index in [-0.39, 0.29) is 5.69 Å². The number of aliphatic carboxylic acids is 1. The van der Waals surface area contributed by atoms with E-state index in [1.807, 2.05) is 0 Å². The molecule has 0 heterocycles. The van der Waals surface area contributed by atoms with Gasteiger partial charge in [-0.3, -0.25) is 19.7 Å². The Labute approximate surface area is 102 Å². The van der Waals surface area contributed by atoms with E-state index in [9.17, 15) is 19.7 Å². The van der Waals surface area contributed by atoms with E-state index in [0.29, 0.717) is 12.1 Å². The Morgan fingerprint density at radius 2 is 2.11 bits per heavy atom. The van der Waals surface area contributed by atoms with Crippen molar-refractivity contribution in [1.82, 2.24) is 0 Å². The van der Waals surface area contributed by atoms with Crippen LogP contribution in [0.3, 0.4) is 0 Å². The fourth-order valence-corrected chi connectivity index (χ4v) is 1.69. The Morgan fingerprint density at radius 3 is 2.67 bits per heavy atom. The van der Waals surface area contributed by atoms with Gasteiger partial charge in [0.2, 0.25) is 5.91 Å². The Morgan fingerprint density at radius 1 is 1.39 bits per heavy atom. The van der Waals surface area contributed by atoms with Crippen LogP contribution in [0.4, 0.5) is 11.4 Å². The molecule has 1 amide bonds. The van der Waals surface area contributed by atoms with Crippen LogP contribution in [0.15, 0.2) is 24.3 Å². The Hall–Kier alpha value is -2.44. The van der Waals surface area contributed by atoms with Crippen molar-refractivity contribution in [3.05, 3.63) is 34.4 Å². The lowest BCUT2D eigenvalue weighted by Crippen LogP contribution is -2.16. The molecule has 1 aliphatic rings. The molecule has 2 rings (SSSR count). The number of amides is 1. The van der Waals surface area contributed by atoms with Gasteiger partial charge in [0.15, 0.2) is 0 Å². The number of non-ortho nitro benzene ring substituents is 1. The molecule has 1 fully saturated rings. The molecule has 1 saturated carbocycles. The molecule has 2 unspecified atom stereocenters. The molecule has 1 aliphatic carbocycles.